The van der Waals surface area contributed by atoms with E-state index in [0.29, 0.717) is 0 Å². The molecule has 0 N–H and O–H groups in total. The van der Waals surface area contributed by atoms with Crippen molar-refractivity contribution in [2.75, 3.05) is 6.54 Å². The zero-order chi connectivity index (χ0) is 11.7. The van der Waals surface area contributed by atoms with Crippen LogP contribution < -0.4 is 0 Å². The second kappa shape index (κ2) is 4.34. The highest BCUT2D eigenvalue weighted by Crippen LogP contribution is 2.25. The fourth-order valence-electron chi connectivity index (χ4n) is 2.24. The van der Waals surface area contributed by atoms with Gasteiger partial charge in [0.25, 0.3) is 0 Å². The second-order valence-corrected chi connectivity index (χ2v) is 4.63. The molecule has 0 amide bonds. The highest BCUT2D eigenvalue weighted by molar-refractivity contribution is 6.32. The van der Waals surface area contributed by atoms with Crippen LogP contribution in [0, 0.1) is 0 Å². The number of hydrogen-bond donors (Lipinski definition) is 0. The van der Waals surface area contributed by atoms with Crippen LogP contribution in [-0.4, -0.2) is 17.3 Å². The Morgan fingerprint density at radius 1 is 0.941 bits per heavy atom. The Hall–Kier alpha value is -1.60. The minimum Gasteiger partial charge on any atom is -0.197 e. The Kier molecular flexibility index (Phi) is 2.69. The van der Waals surface area contributed by atoms with Crippen LogP contribution in [0.5, 0.6) is 0 Å². The molecular formula is C15H13ClN+. The van der Waals surface area contributed by atoms with Crippen LogP contribution in [0.1, 0.15) is 11.1 Å². The van der Waals surface area contributed by atoms with Gasteiger partial charge in [-0.25, -0.2) is 0 Å². The lowest BCUT2D eigenvalue weighted by atomic mass is 10.0. The average molecular weight is 243 g/mol. The Morgan fingerprint density at radius 2 is 1.71 bits per heavy atom. The summed E-state index contributed by atoms with van der Waals surface area (Å²) in [6, 6.07) is 16.5. The first-order chi connectivity index (χ1) is 8.34. The van der Waals surface area contributed by atoms with E-state index in [4.69, 9.17) is 11.6 Å². The van der Waals surface area contributed by atoms with Gasteiger partial charge in [-0.15, -0.1) is 0 Å². The van der Waals surface area contributed by atoms with Crippen molar-refractivity contribution in [2.45, 2.75) is 6.42 Å². The number of fused-ring (bicyclic) bond motifs is 1. The van der Waals surface area contributed by atoms with Gasteiger partial charge in [0.1, 0.15) is 5.02 Å². The molecule has 0 fully saturated rings. The van der Waals surface area contributed by atoms with Crippen molar-refractivity contribution in [3.8, 4) is 0 Å². The molecule has 84 valence electrons. The van der Waals surface area contributed by atoms with Gasteiger partial charge in [-0.1, -0.05) is 41.9 Å². The SMILES string of the molecule is Clc1ccccc1[N+]1=Cc2ccccc2CC1. The van der Waals surface area contributed by atoms with Crippen LogP contribution in [0.15, 0.2) is 48.5 Å². The number of rotatable bonds is 1. The molecule has 0 atom stereocenters. The van der Waals surface area contributed by atoms with E-state index in [-0.39, 0.29) is 0 Å². The van der Waals surface area contributed by atoms with E-state index >= 15 is 0 Å². The van der Waals surface area contributed by atoms with Crippen LogP contribution >= 0.6 is 11.6 Å². The quantitative estimate of drug-likeness (QED) is 0.672. The summed E-state index contributed by atoms with van der Waals surface area (Å²) in [6.07, 6.45) is 3.25. The van der Waals surface area contributed by atoms with E-state index < -0.39 is 0 Å². The van der Waals surface area contributed by atoms with Gasteiger partial charge in [0, 0.05) is 18.1 Å². The summed E-state index contributed by atoms with van der Waals surface area (Å²) in [7, 11) is 0. The largest absolute Gasteiger partial charge is 0.224 e. The molecule has 2 aromatic rings. The Bertz CT molecular complexity index is 587. The summed E-state index contributed by atoms with van der Waals surface area (Å²) < 4.78 is 2.23. The van der Waals surface area contributed by atoms with E-state index in [1.807, 2.05) is 18.2 Å². The molecule has 0 radical (unpaired) electrons. The first kappa shape index (κ1) is 10.5. The van der Waals surface area contributed by atoms with Gasteiger partial charge in [-0.3, -0.25) is 0 Å². The van der Waals surface area contributed by atoms with Crippen LogP contribution in [0.3, 0.4) is 0 Å². The van der Waals surface area contributed by atoms with Crippen LogP contribution in [0.25, 0.3) is 0 Å². The van der Waals surface area contributed by atoms with Crippen molar-refractivity contribution in [3.63, 3.8) is 0 Å². The van der Waals surface area contributed by atoms with Crippen molar-refractivity contribution in [2.24, 2.45) is 0 Å². The molecule has 0 aromatic heterocycles. The van der Waals surface area contributed by atoms with Gasteiger partial charge in [-0.2, -0.15) is 4.58 Å². The molecule has 0 saturated carbocycles. The summed E-state index contributed by atoms with van der Waals surface area (Å²) in [4.78, 5) is 0. The summed E-state index contributed by atoms with van der Waals surface area (Å²) in [5.41, 5.74) is 3.79. The maximum absolute atomic E-state index is 6.22. The van der Waals surface area contributed by atoms with Gasteiger partial charge < -0.3 is 0 Å². The number of halogens is 1. The van der Waals surface area contributed by atoms with Crippen molar-refractivity contribution < 1.29 is 4.58 Å². The van der Waals surface area contributed by atoms with Crippen molar-refractivity contribution in [3.05, 3.63) is 64.7 Å². The summed E-state index contributed by atoms with van der Waals surface area (Å²) in [6.45, 7) is 0.987. The second-order valence-electron chi connectivity index (χ2n) is 4.22. The molecule has 0 unspecified atom stereocenters. The van der Waals surface area contributed by atoms with E-state index in [2.05, 4.69) is 41.1 Å². The smallest absolute Gasteiger partial charge is 0.197 e. The third-order valence-electron chi connectivity index (χ3n) is 3.13. The van der Waals surface area contributed by atoms with Gasteiger partial charge in [0.15, 0.2) is 12.8 Å². The molecule has 0 saturated heterocycles. The van der Waals surface area contributed by atoms with Crippen LogP contribution in [0.4, 0.5) is 5.69 Å². The highest BCUT2D eigenvalue weighted by atomic mass is 35.5. The summed E-state index contributed by atoms with van der Waals surface area (Å²) in [5, 5.41) is 0.808. The third-order valence-corrected chi connectivity index (χ3v) is 3.45. The minimum atomic E-state index is 0.808. The standard InChI is InChI=1S/C15H13ClN/c16-14-7-3-4-8-15(14)17-10-9-12-5-1-2-6-13(12)11-17/h1-8,11H,9-10H2/q+1. The van der Waals surface area contributed by atoms with E-state index in [0.717, 1.165) is 23.7 Å². The maximum Gasteiger partial charge on any atom is 0.224 e. The van der Waals surface area contributed by atoms with Gasteiger partial charge in [0.05, 0.1) is 0 Å². The lowest BCUT2D eigenvalue weighted by Gasteiger charge is -2.12. The first-order valence-electron chi connectivity index (χ1n) is 5.78. The van der Waals surface area contributed by atoms with Crippen molar-refractivity contribution >= 4 is 23.5 Å². The number of benzene rings is 2. The molecule has 3 rings (SSSR count). The van der Waals surface area contributed by atoms with Gasteiger partial charge >= 0.3 is 0 Å². The first-order valence-corrected chi connectivity index (χ1v) is 6.16. The molecule has 1 heterocycles. The Labute approximate surface area is 106 Å². The monoisotopic (exact) mass is 242 g/mol. The van der Waals surface area contributed by atoms with Crippen LogP contribution in [0.2, 0.25) is 5.02 Å². The van der Waals surface area contributed by atoms with Crippen molar-refractivity contribution in [1.82, 2.24) is 0 Å². The highest BCUT2D eigenvalue weighted by Gasteiger charge is 2.19. The predicted octanol–water partition coefficient (Wildman–Crippen LogP) is 3.66. The molecule has 2 heteroatoms. The molecule has 0 spiro atoms. The van der Waals surface area contributed by atoms with E-state index in [9.17, 15) is 0 Å². The minimum absolute atomic E-state index is 0.808. The van der Waals surface area contributed by atoms with Gasteiger partial charge in [-0.05, 0) is 17.7 Å². The normalized spacial score (nSPS) is 14.1. The summed E-state index contributed by atoms with van der Waals surface area (Å²) >= 11 is 6.22. The molecule has 1 aliphatic heterocycles. The molecule has 2 aromatic carbocycles. The molecule has 1 aliphatic rings. The zero-order valence-corrected chi connectivity index (χ0v) is 10.2. The lowest BCUT2D eigenvalue weighted by molar-refractivity contribution is -0.436. The average Bonchev–Trinajstić information content (AvgIpc) is 2.39. The summed E-state index contributed by atoms with van der Waals surface area (Å²) in [5.74, 6) is 0. The number of nitrogens with zero attached hydrogens (tertiary/aromatic N) is 1. The number of para-hydroxylation sites is 1. The topological polar surface area (TPSA) is 3.01 Å². The van der Waals surface area contributed by atoms with Crippen molar-refractivity contribution in [1.29, 1.82) is 0 Å². The Balaban J connectivity index is 2.08. The fourth-order valence-corrected chi connectivity index (χ4v) is 2.48. The zero-order valence-electron chi connectivity index (χ0n) is 9.44. The van der Waals surface area contributed by atoms with E-state index in [1.54, 1.807) is 0 Å². The van der Waals surface area contributed by atoms with E-state index in [1.165, 1.54) is 11.1 Å². The third kappa shape index (κ3) is 1.98. The molecule has 0 bridgehead atoms. The fraction of sp³-hybridized carbons (Fsp3) is 0.133. The lowest BCUT2D eigenvalue weighted by Crippen LogP contribution is -2.18. The molecule has 0 aliphatic carbocycles. The molecule has 1 nitrogen and oxygen atoms in total. The number of hydrogen-bond acceptors (Lipinski definition) is 0. The predicted molar refractivity (Wildman–Crippen MR) is 71.6 cm³/mol. The van der Waals surface area contributed by atoms with Crippen LogP contribution in [-0.2, 0) is 6.42 Å². The molecule has 17 heavy (non-hydrogen) atoms. The van der Waals surface area contributed by atoms with Gasteiger partial charge in [0.2, 0.25) is 5.69 Å². The molecular weight excluding hydrogens is 230 g/mol. The Morgan fingerprint density at radius 3 is 2.59 bits per heavy atom. The maximum atomic E-state index is 6.22.